The molecule has 0 aliphatic carbocycles. The smallest absolute Gasteiger partial charge is 0.242 e. The Morgan fingerprint density at radius 2 is 2.00 bits per heavy atom. The number of amides is 1. The Morgan fingerprint density at radius 1 is 1.46 bits per heavy atom. The molecule has 0 aliphatic rings. The fourth-order valence-electron chi connectivity index (χ4n) is 0.910. The van der Waals surface area contributed by atoms with Crippen molar-refractivity contribution in [3.8, 4) is 0 Å². The molecule has 2 nitrogen and oxygen atoms in total. The van der Waals surface area contributed by atoms with Gasteiger partial charge in [-0.1, -0.05) is 12.1 Å². The molecular weight excluding hydrogens is 300 g/mol. The van der Waals surface area contributed by atoms with Crippen LogP contribution in [-0.4, -0.2) is 13.0 Å². The van der Waals surface area contributed by atoms with Gasteiger partial charge in [-0.05, 0) is 40.3 Å². The first-order valence-electron chi connectivity index (χ1n) is 3.76. The zero-order chi connectivity index (χ0) is 9.84. The molecule has 0 spiro atoms. The van der Waals surface area contributed by atoms with Crippen LogP contribution in [0.15, 0.2) is 24.3 Å². The molecule has 0 heterocycles. The molecule has 0 bridgehead atoms. The topological polar surface area (TPSA) is 29.1 Å². The van der Waals surface area contributed by atoms with E-state index in [9.17, 15) is 4.79 Å². The van der Waals surface area contributed by atoms with Crippen molar-refractivity contribution >= 4 is 40.1 Å². The highest BCUT2D eigenvalue weighted by atomic mass is 127. The molecule has 1 unspecified atom stereocenters. The molecule has 1 N–H and O–H groups in total. The molecule has 70 valence electrons. The van der Waals surface area contributed by atoms with Crippen LogP contribution < -0.4 is 5.32 Å². The second-order valence-corrected chi connectivity index (χ2v) is 4.21. The summed E-state index contributed by atoms with van der Waals surface area (Å²) in [5.41, 5.74) is 0.821. The lowest BCUT2D eigenvalue weighted by molar-refractivity contribution is -0.120. The van der Waals surface area contributed by atoms with Gasteiger partial charge in [-0.25, -0.2) is 0 Å². The molecule has 1 aromatic rings. The molecule has 1 amide bonds. The minimum atomic E-state index is -0.595. The highest BCUT2D eigenvalue weighted by Gasteiger charge is 2.15. The van der Waals surface area contributed by atoms with E-state index in [1.54, 1.807) is 7.05 Å². The van der Waals surface area contributed by atoms with Crippen LogP contribution >= 0.6 is 34.2 Å². The number of benzene rings is 1. The van der Waals surface area contributed by atoms with Gasteiger partial charge >= 0.3 is 0 Å². The van der Waals surface area contributed by atoms with Crippen molar-refractivity contribution in [2.45, 2.75) is 5.38 Å². The van der Waals surface area contributed by atoms with Gasteiger partial charge in [0.25, 0.3) is 0 Å². The molecule has 0 aliphatic heterocycles. The van der Waals surface area contributed by atoms with E-state index in [0.717, 1.165) is 9.13 Å². The van der Waals surface area contributed by atoms with Crippen molar-refractivity contribution in [2.24, 2.45) is 0 Å². The first-order chi connectivity index (χ1) is 6.15. The first-order valence-corrected chi connectivity index (χ1v) is 5.28. The van der Waals surface area contributed by atoms with Crippen LogP contribution in [-0.2, 0) is 4.79 Å². The Balaban J connectivity index is 2.83. The number of rotatable bonds is 2. The standard InChI is InChI=1S/C9H9ClINO/c1-12-9(13)8(10)6-2-4-7(11)5-3-6/h2-5,8H,1H3,(H,12,13). The second-order valence-electron chi connectivity index (χ2n) is 2.53. The molecule has 1 rings (SSSR count). The number of carbonyl (C=O) groups excluding carboxylic acids is 1. The number of carbonyl (C=O) groups is 1. The molecule has 0 saturated heterocycles. The molecular formula is C9H9ClINO. The van der Waals surface area contributed by atoms with Crippen molar-refractivity contribution in [3.63, 3.8) is 0 Å². The Labute approximate surface area is 95.8 Å². The van der Waals surface area contributed by atoms with Crippen LogP contribution in [0, 0.1) is 3.57 Å². The van der Waals surface area contributed by atoms with E-state index in [4.69, 9.17) is 11.6 Å². The molecule has 13 heavy (non-hydrogen) atoms. The van der Waals surface area contributed by atoms with Crippen LogP contribution in [0.4, 0.5) is 0 Å². The summed E-state index contributed by atoms with van der Waals surface area (Å²) in [5, 5.41) is 1.91. The fourth-order valence-corrected chi connectivity index (χ4v) is 1.52. The summed E-state index contributed by atoms with van der Waals surface area (Å²) < 4.78 is 1.13. The highest BCUT2D eigenvalue weighted by molar-refractivity contribution is 14.1. The summed E-state index contributed by atoms with van der Waals surface area (Å²) in [6, 6.07) is 7.56. The number of halogens is 2. The maximum Gasteiger partial charge on any atom is 0.242 e. The Morgan fingerprint density at radius 3 is 2.46 bits per heavy atom. The predicted molar refractivity (Wildman–Crippen MR) is 61.8 cm³/mol. The average Bonchev–Trinajstić information content (AvgIpc) is 2.17. The van der Waals surface area contributed by atoms with Crippen LogP contribution in [0.3, 0.4) is 0 Å². The van der Waals surface area contributed by atoms with E-state index in [-0.39, 0.29) is 5.91 Å². The van der Waals surface area contributed by atoms with E-state index in [0.29, 0.717) is 0 Å². The van der Waals surface area contributed by atoms with E-state index < -0.39 is 5.38 Å². The minimum absolute atomic E-state index is 0.178. The van der Waals surface area contributed by atoms with Gasteiger partial charge in [0.2, 0.25) is 5.91 Å². The number of alkyl halides is 1. The van der Waals surface area contributed by atoms with Gasteiger partial charge in [0.1, 0.15) is 5.38 Å². The zero-order valence-electron chi connectivity index (χ0n) is 7.05. The van der Waals surface area contributed by atoms with Crippen molar-refractivity contribution in [1.82, 2.24) is 5.32 Å². The normalized spacial score (nSPS) is 12.2. The highest BCUT2D eigenvalue weighted by Crippen LogP contribution is 2.21. The largest absolute Gasteiger partial charge is 0.358 e. The molecule has 1 aromatic carbocycles. The summed E-state index contributed by atoms with van der Waals surface area (Å²) in [6.07, 6.45) is 0. The van der Waals surface area contributed by atoms with Gasteiger partial charge in [-0.2, -0.15) is 0 Å². The molecule has 0 saturated carbocycles. The lowest BCUT2D eigenvalue weighted by Crippen LogP contribution is -2.22. The summed E-state index contributed by atoms with van der Waals surface area (Å²) in [6.45, 7) is 0. The summed E-state index contributed by atoms with van der Waals surface area (Å²) >= 11 is 8.10. The van der Waals surface area contributed by atoms with E-state index in [1.807, 2.05) is 24.3 Å². The summed E-state index contributed by atoms with van der Waals surface area (Å²) in [5.74, 6) is -0.178. The third-order valence-electron chi connectivity index (χ3n) is 1.64. The van der Waals surface area contributed by atoms with Crippen LogP contribution in [0.2, 0.25) is 0 Å². The van der Waals surface area contributed by atoms with Gasteiger partial charge in [0.15, 0.2) is 0 Å². The molecule has 0 aromatic heterocycles. The Bertz CT molecular complexity index is 299. The van der Waals surface area contributed by atoms with Gasteiger partial charge < -0.3 is 5.32 Å². The van der Waals surface area contributed by atoms with E-state index in [1.165, 1.54) is 0 Å². The second kappa shape index (κ2) is 4.81. The number of hydrogen-bond acceptors (Lipinski definition) is 1. The SMILES string of the molecule is CNC(=O)C(Cl)c1ccc(I)cc1. The number of likely N-dealkylation sites (N-methyl/N-ethyl adjacent to an activating group) is 1. The quantitative estimate of drug-likeness (QED) is 0.659. The van der Waals surface area contributed by atoms with Gasteiger partial charge in [-0.15, -0.1) is 11.6 Å². The van der Waals surface area contributed by atoms with Crippen LogP contribution in [0.25, 0.3) is 0 Å². The van der Waals surface area contributed by atoms with Crippen molar-refractivity contribution in [1.29, 1.82) is 0 Å². The average molecular weight is 310 g/mol. The van der Waals surface area contributed by atoms with Crippen molar-refractivity contribution in [3.05, 3.63) is 33.4 Å². The van der Waals surface area contributed by atoms with Crippen molar-refractivity contribution in [2.75, 3.05) is 7.05 Å². The fraction of sp³-hybridized carbons (Fsp3) is 0.222. The molecule has 0 radical (unpaired) electrons. The third kappa shape index (κ3) is 2.84. The maximum atomic E-state index is 11.2. The maximum absolute atomic E-state index is 11.2. The third-order valence-corrected chi connectivity index (χ3v) is 2.81. The molecule has 4 heteroatoms. The predicted octanol–water partition coefficient (Wildman–Crippen LogP) is 2.32. The lowest BCUT2D eigenvalue weighted by atomic mass is 10.1. The van der Waals surface area contributed by atoms with Crippen molar-refractivity contribution < 1.29 is 4.79 Å². The van der Waals surface area contributed by atoms with E-state index in [2.05, 4.69) is 27.9 Å². The van der Waals surface area contributed by atoms with Crippen LogP contribution in [0.1, 0.15) is 10.9 Å². The lowest BCUT2D eigenvalue weighted by Gasteiger charge is -2.07. The minimum Gasteiger partial charge on any atom is -0.358 e. The van der Waals surface area contributed by atoms with E-state index >= 15 is 0 Å². The van der Waals surface area contributed by atoms with Crippen LogP contribution in [0.5, 0.6) is 0 Å². The summed E-state index contributed by atoms with van der Waals surface area (Å²) in [4.78, 5) is 11.2. The first kappa shape index (κ1) is 10.8. The molecule has 0 fully saturated rings. The van der Waals surface area contributed by atoms with Gasteiger partial charge in [0, 0.05) is 10.6 Å². The Kier molecular flexibility index (Phi) is 3.99. The molecule has 1 atom stereocenters. The number of nitrogens with one attached hydrogen (secondary N) is 1. The monoisotopic (exact) mass is 309 g/mol. The zero-order valence-corrected chi connectivity index (χ0v) is 9.96. The number of hydrogen-bond donors (Lipinski definition) is 1. The Hall–Kier alpha value is -0.290. The van der Waals surface area contributed by atoms with Gasteiger partial charge in [0.05, 0.1) is 0 Å². The van der Waals surface area contributed by atoms with Gasteiger partial charge in [-0.3, -0.25) is 4.79 Å². The summed E-state index contributed by atoms with van der Waals surface area (Å²) in [7, 11) is 1.57.